The molecule has 0 bridgehead atoms. The van der Waals surface area contributed by atoms with Crippen molar-refractivity contribution in [3.63, 3.8) is 0 Å². The van der Waals surface area contributed by atoms with Gasteiger partial charge in [0, 0.05) is 19.1 Å². The second kappa shape index (κ2) is 7.23. The second-order valence-corrected chi connectivity index (χ2v) is 10.1. The van der Waals surface area contributed by atoms with Crippen molar-refractivity contribution in [3.05, 3.63) is 34.3 Å². The van der Waals surface area contributed by atoms with Crippen molar-refractivity contribution in [3.8, 4) is 0 Å². The molecule has 0 aromatic heterocycles. The zero-order valence-electron chi connectivity index (χ0n) is 15.9. The molecule has 1 atom stereocenters. The predicted octanol–water partition coefficient (Wildman–Crippen LogP) is 2.68. The van der Waals surface area contributed by atoms with Crippen LogP contribution >= 0.6 is 0 Å². The van der Waals surface area contributed by atoms with Crippen LogP contribution in [0.4, 0.5) is 0 Å². The van der Waals surface area contributed by atoms with Crippen LogP contribution in [0.5, 0.6) is 0 Å². The molecule has 1 aliphatic carbocycles. The van der Waals surface area contributed by atoms with E-state index in [1.165, 1.54) is 12.8 Å². The van der Waals surface area contributed by atoms with Crippen molar-refractivity contribution >= 4 is 10.0 Å². The van der Waals surface area contributed by atoms with E-state index >= 15 is 0 Å². The number of piperidine rings is 2. The third kappa shape index (κ3) is 3.44. The first-order valence-corrected chi connectivity index (χ1v) is 11.3. The van der Waals surface area contributed by atoms with Crippen LogP contribution in [0.1, 0.15) is 39.5 Å². The number of hydrogen-bond donors (Lipinski definition) is 0. The van der Waals surface area contributed by atoms with Crippen molar-refractivity contribution in [1.29, 1.82) is 0 Å². The van der Waals surface area contributed by atoms with E-state index in [-0.39, 0.29) is 0 Å². The van der Waals surface area contributed by atoms with Gasteiger partial charge in [-0.3, -0.25) is 0 Å². The summed E-state index contributed by atoms with van der Waals surface area (Å²) in [5.74, 6) is 0.829. The Morgan fingerprint density at radius 1 is 1.04 bits per heavy atom. The highest BCUT2D eigenvalue weighted by Gasteiger charge is 2.39. The zero-order chi connectivity index (χ0) is 18.3. The fourth-order valence-electron chi connectivity index (χ4n) is 4.63. The maximum atomic E-state index is 13.3. The number of likely N-dealkylation sites (tertiary alicyclic amines) is 1. The maximum Gasteiger partial charge on any atom is 0.242 e. The van der Waals surface area contributed by atoms with Crippen LogP contribution in [-0.4, -0.2) is 62.6 Å². The van der Waals surface area contributed by atoms with Crippen LogP contribution in [0.15, 0.2) is 34.3 Å². The molecule has 144 valence electrons. The minimum atomic E-state index is -3.47. The molecule has 0 radical (unpaired) electrons. The number of ether oxygens (including phenoxy) is 1. The summed E-state index contributed by atoms with van der Waals surface area (Å²) in [7, 11) is -3.47. The first kappa shape index (κ1) is 18.4. The normalized spacial score (nSPS) is 29.9. The Hall–Kier alpha value is -0.950. The summed E-state index contributed by atoms with van der Waals surface area (Å²) >= 11 is 0. The lowest BCUT2D eigenvalue weighted by Crippen LogP contribution is -2.49. The van der Waals surface area contributed by atoms with Gasteiger partial charge in [0.1, 0.15) is 6.10 Å². The van der Waals surface area contributed by atoms with Gasteiger partial charge in [0.25, 0.3) is 0 Å². The van der Waals surface area contributed by atoms with Crippen LogP contribution in [-0.2, 0) is 14.8 Å². The summed E-state index contributed by atoms with van der Waals surface area (Å²) in [5, 5.41) is 0. The molecule has 1 unspecified atom stereocenters. The van der Waals surface area contributed by atoms with Gasteiger partial charge in [-0.2, -0.15) is 4.31 Å². The standard InChI is InChI=1S/C20H30N2O3S/c1-15-3-8-21(9-4-15)18-5-10-22(11-6-18)26(23,24)19-14-16(2)13-17-7-12-25-20(17)19/h7,13-15,18,20H,3-6,8-12H2,1-2H3. The Bertz CT molecular complexity index is 737. The zero-order valence-corrected chi connectivity index (χ0v) is 16.7. The molecule has 0 saturated carbocycles. The number of nitrogens with zero attached hydrogens (tertiary/aromatic N) is 2. The van der Waals surface area contributed by atoms with E-state index in [9.17, 15) is 8.42 Å². The van der Waals surface area contributed by atoms with Crippen molar-refractivity contribution < 1.29 is 13.2 Å². The van der Waals surface area contributed by atoms with E-state index in [0.717, 1.165) is 43.0 Å². The Morgan fingerprint density at radius 3 is 2.42 bits per heavy atom. The van der Waals surface area contributed by atoms with Crippen LogP contribution in [0.25, 0.3) is 0 Å². The minimum Gasteiger partial charge on any atom is -0.364 e. The van der Waals surface area contributed by atoms with E-state index in [0.29, 0.717) is 30.6 Å². The number of rotatable bonds is 3. The average Bonchev–Trinajstić information content (AvgIpc) is 3.10. The van der Waals surface area contributed by atoms with Crippen LogP contribution in [0.2, 0.25) is 0 Å². The molecule has 5 nitrogen and oxygen atoms in total. The Morgan fingerprint density at radius 2 is 1.73 bits per heavy atom. The molecule has 2 saturated heterocycles. The van der Waals surface area contributed by atoms with Gasteiger partial charge in [-0.1, -0.05) is 19.1 Å². The summed E-state index contributed by atoms with van der Waals surface area (Å²) in [6.07, 6.45) is 9.80. The highest BCUT2D eigenvalue weighted by atomic mass is 32.2. The topological polar surface area (TPSA) is 49.9 Å². The Kier molecular flexibility index (Phi) is 5.12. The first-order chi connectivity index (χ1) is 12.4. The maximum absolute atomic E-state index is 13.3. The third-order valence-corrected chi connectivity index (χ3v) is 8.28. The highest BCUT2D eigenvalue weighted by Crippen LogP contribution is 2.35. The van der Waals surface area contributed by atoms with Gasteiger partial charge in [0.05, 0.1) is 11.5 Å². The molecule has 0 aromatic carbocycles. The lowest BCUT2D eigenvalue weighted by Gasteiger charge is -2.41. The van der Waals surface area contributed by atoms with Crippen LogP contribution in [0, 0.1) is 5.92 Å². The molecular formula is C20H30N2O3S. The molecule has 0 amide bonds. The van der Waals surface area contributed by atoms with Crippen LogP contribution in [0.3, 0.4) is 0 Å². The van der Waals surface area contributed by atoms with Crippen molar-refractivity contribution in [2.24, 2.45) is 5.92 Å². The van der Waals surface area contributed by atoms with E-state index in [2.05, 4.69) is 11.8 Å². The predicted molar refractivity (Wildman–Crippen MR) is 103 cm³/mol. The van der Waals surface area contributed by atoms with Crippen LogP contribution < -0.4 is 0 Å². The fourth-order valence-corrected chi connectivity index (χ4v) is 6.43. The highest BCUT2D eigenvalue weighted by molar-refractivity contribution is 7.93. The minimum absolute atomic E-state index is 0.412. The molecule has 0 aromatic rings. The van der Waals surface area contributed by atoms with Crippen molar-refractivity contribution in [1.82, 2.24) is 9.21 Å². The quantitative estimate of drug-likeness (QED) is 0.758. The van der Waals surface area contributed by atoms with Crippen molar-refractivity contribution in [2.75, 3.05) is 32.8 Å². The van der Waals surface area contributed by atoms with Gasteiger partial charge >= 0.3 is 0 Å². The van der Waals surface area contributed by atoms with Gasteiger partial charge in [-0.05, 0) is 68.8 Å². The van der Waals surface area contributed by atoms with E-state index < -0.39 is 16.1 Å². The molecule has 3 heterocycles. The lowest BCUT2D eigenvalue weighted by atomic mass is 9.95. The summed E-state index contributed by atoms with van der Waals surface area (Å²) in [6.45, 7) is 8.33. The molecule has 0 spiro atoms. The fraction of sp³-hybridized carbons (Fsp3) is 0.700. The van der Waals surface area contributed by atoms with E-state index in [1.807, 2.05) is 19.1 Å². The van der Waals surface area contributed by atoms with Gasteiger partial charge < -0.3 is 9.64 Å². The first-order valence-electron chi connectivity index (χ1n) is 9.91. The second-order valence-electron chi connectivity index (χ2n) is 8.21. The number of sulfonamides is 1. The Labute approximate surface area is 157 Å². The molecule has 2 fully saturated rings. The molecule has 4 aliphatic rings. The largest absolute Gasteiger partial charge is 0.364 e. The Balaban J connectivity index is 1.44. The number of allylic oxidation sites excluding steroid dienone is 2. The summed E-state index contributed by atoms with van der Waals surface area (Å²) < 4.78 is 33.9. The SMILES string of the molecule is CC1=CC2=CCOC2C(S(=O)(=O)N2CCC(N3CCC(C)CC3)CC2)=C1. The van der Waals surface area contributed by atoms with E-state index in [4.69, 9.17) is 4.74 Å². The lowest BCUT2D eigenvalue weighted by molar-refractivity contribution is 0.101. The molecule has 3 aliphatic heterocycles. The molecule has 0 N–H and O–H groups in total. The number of fused-ring (bicyclic) bond motifs is 1. The summed E-state index contributed by atoms with van der Waals surface area (Å²) in [5.41, 5.74) is 1.97. The summed E-state index contributed by atoms with van der Waals surface area (Å²) in [4.78, 5) is 3.00. The monoisotopic (exact) mass is 378 g/mol. The number of hydrogen-bond acceptors (Lipinski definition) is 4. The van der Waals surface area contributed by atoms with Gasteiger partial charge in [0.15, 0.2) is 0 Å². The van der Waals surface area contributed by atoms with Gasteiger partial charge in [0.2, 0.25) is 10.0 Å². The molecular weight excluding hydrogens is 348 g/mol. The summed E-state index contributed by atoms with van der Waals surface area (Å²) in [6, 6.07) is 0.536. The van der Waals surface area contributed by atoms with Gasteiger partial charge in [-0.25, -0.2) is 8.42 Å². The van der Waals surface area contributed by atoms with Gasteiger partial charge in [-0.15, -0.1) is 0 Å². The van der Waals surface area contributed by atoms with Crippen molar-refractivity contribution in [2.45, 2.75) is 51.7 Å². The molecule has 4 rings (SSSR count). The molecule has 26 heavy (non-hydrogen) atoms. The van der Waals surface area contributed by atoms with E-state index in [1.54, 1.807) is 10.4 Å². The molecule has 6 heteroatoms. The average molecular weight is 379 g/mol. The third-order valence-electron chi connectivity index (χ3n) is 6.30. The smallest absolute Gasteiger partial charge is 0.242 e.